The van der Waals surface area contributed by atoms with E-state index in [9.17, 15) is 4.79 Å². The van der Waals surface area contributed by atoms with Crippen molar-refractivity contribution in [3.05, 3.63) is 41.2 Å². The third kappa shape index (κ3) is 3.30. The predicted molar refractivity (Wildman–Crippen MR) is 99.3 cm³/mol. The van der Waals surface area contributed by atoms with Crippen LogP contribution < -0.4 is 10.2 Å². The van der Waals surface area contributed by atoms with Gasteiger partial charge in [-0.15, -0.1) is 11.3 Å². The number of hydrogen-bond donors (Lipinski definition) is 2. The van der Waals surface area contributed by atoms with Gasteiger partial charge in [0.1, 0.15) is 5.69 Å². The van der Waals surface area contributed by atoms with Gasteiger partial charge in [0.05, 0.1) is 33.8 Å². The van der Waals surface area contributed by atoms with E-state index >= 15 is 0 Å². The van der Waals surface area contributed by atoms with Gasteiger partial charge in [-0.3, -0.25) is 4.79 Å². The van der Waals surface area contributed by atoms with Gasteiger partial charge in [0.2, 0.25) is 5.95 Å². The van der Waals surface area contributed by atoms with Crippen LogP contribution in [0.3, 0.4) is 0 Å². The molecule has 26 heavy (non-hydrogen) atoms. The third-order valence-corrected chi connectivity index (χ3v) is 5.42. The molecule has 134 valence electrons. The molecule has 4 rings (SSSR count). The van der Waals surface area contributed by atoms with Crippen molar-refractivity contribution in [3.63, 3.8) is 0 Å². The SMILES string of the molecule is Cc1nc(C)c(-c2ccnc(N3CCC(NC(=O)c4cnc[nH]4)C3)n2)s1. The molecule has 1 fully saturated rings. The van der Waals surface area contributed by atoms with Crippen LogP contribution in [0.1, 0.15) is 27.6 Å². The molecule has 3 aromatic heterocycles. The molecule has 0 aromatic carbocycles. The molecular formula is C17H19N7OS. The third-order valence-electron chi connectivity index (χ3n) is 4.33. The second-order valence-electron chi connectivity index (χ2n) is 6.26. The van der Waals surface area contributed by atoms with Gasteiger partial charge in [-0.05, 0) is 26.3 Å². The van der Waals surface area contributed by atoms with E-state index in [1.165, 1.54) is 12.5 Å². The maximum absolute atomic E-state index is 12.1. The van der Waals surface area contributed by atoms with Gasteiger partial charge in [0.25, 0.3) is 5.91 Å². The summed E-state index contributed by atoms with van der Waals surface area (Å²) in [4.78, 5) is 35.6. The van der Waals surface area contributed by atoms with E-state index < -0.39 is 0 Å². The Morgan fingerprint density at radius 3 is 3.00 bits per heavy atom. The summed E-state index contributed by atoms with van der Waals surface area (Å²) < 4.78 is 0. The normalized spacial score (nSPS) is 16.8. The number of rotatable bonds is 4. The Hall–Kier alpha value is -2.81. The lowest BCUT2D eigenvalue weighted by Crippen LogP contribution is -2.37. The summed E-state index contributed by atoms with van der Waals surface area (Å²) in [5.74, 6) is 0.547. The molecule has 1 aliphatic heterocycles. The summed E-state index contributed by atoms with van der Waals surface area (Å²) in [6.45, 7) is 5.48. The molecule has 1 unspecified atom stereocenters. The van der Waals surface area contributed by atoms with Crippen molar-refractivity contribution in [1.29, 1.82) is 0 Å². The lowest BCUT2D eigenvalue weighted by molar-refractivity contribution is 0.0936. The molecule has 0 aliphatic carbocycles. The maximum atomic E-state index is 12.1. The number of nitrogens with one attached hydrogen (secondary N) is 2. The number of carbonyl (C=O) groups excluding carboxylic acids is 1. The number of H-pyrrole nitrogens is 1. The highest BCUT2D eigenvalue weighted by atomic mass is 32.1. The van der Waals surface area contributed by atoms with Crippen LogP contribution in [0.5, 0.6) is 0 Å². The molecule has 0 spiro atoms. The minimum Gasteiger partial charge on any atom is -0.346 e. The average molecular weight is 369 g/mol. The quantitative estimate of drug-likeness (QED) is 0.729. The highest BCUT2D eigenvalue weighted by Gasteiger charge is 2.26. The fourth-order valence-corrected chi connectivity index (χ4v) is 3.99. The number of aromatic nitrogens is 5. The first-order valence-electron chi connectivity index (χ1n) is 8.42. The zero-order valence-electron chi connectivity index (χ0n) is 14.6. The summed E-state index contributed by atoms with van der Waals surface area (Å²) >= 11 is 1.64. The molecule has 0 radical (unpaired) electrons. The van der Waals surface area contributed by atoms with Gasteiger partial charge < -0.3 is 15.2 Å². The first kappa shape index (κ1) is 16.6. The van der Waals surface area contributed by atoms with Crippen LogP contribution >= 0.6 is 11.3 Å². The van der Waals surface area contributed by atoms with E-state index in [1.807, 2.05) is 19.9 Å². The van der Waals surface area contributed by atoms with Gasteiger partial charge in [-0.25, -0.2) is 19.9 Å². The fraction of sp³-hybridized carbons (Fsp3) is 0.353. The number of amides is 1. The molecule has 4 heterocycles. The van der Waals surface area contributed by atoms with Crippen molar-refractivity contribution in [1.82, 2.24) is 30.2 Å². The topological polar surface area (TPSA) is 99.7 Å². The number of aryl methyl sites for hydroxylation is 2. The minimum absolute atomic E-state index is 0.0606. The Kier molecular flexibility index (Phi) is 4.37. The van der Waals surface area contributed by atoms with E-state index in [2.05, 4.69) is 30.2 Å². The molecule has 8 nitrogen and oxygen atoms in total. The second-order valence-corrected chi connectivity index (χ2v) is 7.46. The van der Waals surface area contributed by atoms with E-state index in [-0.39, 0.29) is 11.9 Å². The van der Waals surface area contributed by atoms with E-state index in [0.717, 1.165) is 34.2 Å². The van der Waals surface area contributed by atoms with E-state index in [4.69, 9.17) is 4.98 Å². The second kappa shape index (κ2) is 6.83. The number of hydrogen-bond acceptors (Lipinski definition) is 7. The Morgan fingerprint density at radius 2 is 2.27 bits per heavy atom. The number of carbonyl (C=O) groups is 1. The fourth-order valence-electron chi connectivity index (χ4n) is 3.10. The van der Waals surface area contributed by atoms with Gasteiger partial charge in [-0.2, -0.15) is 0 Å². The van der Waals surface area contributed by atoms with E-state index in [1.54, 1.807) is 17.5 Å². The van der Waals surface area contributed by atoms with Crippen molar-refractivity contribution < 1.29 is 4.79 Å². The van der Waals surface area contributed by atoms with Gasteiger partial charge in [-0.1, -0.05) is 0 Å². The summed E-state index contributed by atoms with van der Waals surface area (Å²) in [7, 11) is 0. The highest BCUT2D eigenvalue weighted by Crippen LogP contribution is 2.29. The summed E-state index contributed by atoms with van der Waals surface area (Å²) in [6.07, 6.45) is 5.65. The minimum atomic E-state index is -0.139. The molecule has 0 bridgehead atoms. The molecule has 3 aromatic rings. The zero-order valence-corrected chi connectivity index (χ0v) is 15.4. The molecule has 1 aliphatic rings. The first-order valence-corrected chi connectivity index (χ1v) is 9.23. The Labute approximate surface area is 154 Å². The monoisotopic (exact) mass is 369 g/mol. The largest absolute Gasteiger partial charge is 0.346 e. The van der Waals surface area contributed by atoms with Gasteiger partial charge >= 0.3 is 0 Å². The Bertz CT molecular complexity index is 921. The number of anilines is 1. The lowest BCUT2D eigenvalue weighted by atomic mass is 10.2. The molecule has 9 heteroatoms. The Balaban J connectivity index is 1.46. The number of imidazole rings is 1. The number of thiazole rings is 1. The van der Waals surface area contributed by atoms with Crippen molar-refractivity contribution >= 4 is 23.2 Å². The molecule has 1 amide bonds. The van der Waals surface area contributed by atoms with Crippen LogP contribution in [0.15, 0.2) is 24.8 Å². The van der Waals surface area contributed by atoms with Gasteiger partial charge in [0, 0.05) is 25.3 Å². The van der Waals surface area contributed by atoms with Crippen LogP contribution in [-0.2, 0) is 0 Å². The molecule has 1 atom stereocenters. The lowest BCUT2D eigenvalue weighted by Gasteiger charge is -2.17. The smallest absolute Gasteiger partial charge is 0.269 e. The predicted octanol–water partition coefficient (Wildman–Crippen LogP) is 1.95. The van der Waals surface area contributed by atoms with Crippen LogP contribution in [0.2, 0.25) is 0 Å². The molecule has 1 saturated heterocycles. The van der Waals surface area contributed by atoms with Crippen LogP contribution in [0.25, 0.3) is 10.6 Å². The molecule has 2 N–H and O–H groups in total. The highest BCUT2D eigenvalue weighted by molar-refractivity contribution is 7.15. The van der Waals surface area contributed by atoms with Crippen molar-refractivity contribution in [2.45, 2.75) is 26.3 Å². The standard InChI is InChI=1S/C17H19N7OS/c1-10-15(26-11(2)21-10)13-3-5-19-17(23-13)24-6-4-12(8-24)22-16(25)14-7-18-9-20-14/h3,5,7,9,12H,4,6,8H2,1-2H3,(H,18,20)(H,22,25). The number of aromatic amines is 1. The van der Waals surface area contributed by atoms with Crippen LogP contribution in [0.4, 0.5) is 5.95 Å². The zero-order chi connectivity index (χ0) is 18.1. The van der Waals surface area contributed by atoms with Crippen molar-refractivity contribution in [2.75, 3.05) is 18.0 Å². The first-order chi connectivity index (χ1) is 12.6. The van der Waals surface area contributed by atoms with Crippen LogP contribution in [0, 0.1) is 13.8 Å². The van der Waals surface area contributed by atoms with Gasteiger partial charge in [0.15, 0.2) is 0 Å². The molecular weight excluding hydrogens is 350 g/mol. The Morgan fingerprint density at radius 1 is 1.38 bits per heavy atom. The maximum Gasteiger partial charge on any atom is 0.269 e. The van der Waals surface area contributed by atoms with Crippen LogP contribution in [-0.4, -0.2) is 50.0 Å². The summed E-state index contributed by atoms with van der Waals surface area (Å²) in [5, 5.41) is 4.05. The number of nitrogens with zero attached hydrogens (tertiary/aromatic N) is 5. The summed E-state index contributed by atoms with van der Waals surface area (Å²) in [5.41, 5.74) is 2.35. The van der Waals surface area contributed by atoms with Crippen molar-refractivity contribution in [2.24, 2.45) is 0 Å². The van der Waals surface area contributed by atoms with Crippen molar-refractivity contribution in [3.8, 4) is 10.6 Å². The average Bonchev–Trinajstić information content (AvgIpc) is 3.36. The molecule has 0 saturated carbocycles. The van der Waals surface area contributed by atoms with E-state index in [0.29, 0.717) is 18.2 Å². The summed E-state index contributed by atoms with van der Waals surface area (Å²) in [6, 6.07) is 1.97.